The number of aryl methyl sites for hydroxylation is 1. The number of hydrazine groups is 1. The molecule has 1 heterocycles. The third-order valence-electron chi connectivity index (χ3n) is 3.53. The first kappa shape index (κ1) is 14.2. The molecule has 3 N–H and O–H groups in total. The molecule has 4 nitrogen and oxygen atoms in total. The molecule has 0 amide bonds. The minimum absolute atomic E-state index is 0.200. The van der Waals surface area contributed by atoms with E-state index in [4.69, 9.17) is 26.9 Å². The van der Waals surface area contributed by atoms with Crippen molar-refractivity contribution in [3.8, 4) is 11.5 Å². The Morgan fingerprint density at radius 1 is 1.10 bits per heavy atom. The summed E-state index contributed by atoms with van der Waals surface area (Å²) in [5, 5.41) is 0.688. The van der Waals surface area contributed by atoms with Crippen molar-refractivity contribution < 1.29 is 9.47 Å². The highest BCUT2D eigenvalue weighted by molar-refractivity contribution is 6.31. The zero-order valence-electron chi connectivity index (χ0n) is 11.7. The molecule has 1 atom stereocenters. The van der Waals surface area contributed by atoms with Gasteiger partial charge in [0.05, 0.1) is 6.04 Å². The average Bonchev–Trinajstić information content (AvgIpc) is 2.50. The summed E-state index contributed by atoms with van der Waals surface area (Å²) < 4.78 is 11.2. The van der Waals surface area contributed by atoms with Crippen LogP contribution in [0.5, 0.6) is 11.5 Å². The maximum absolute atomic E-state index is 6.34. The summed E-state index contributed by atoms with van der Waals surface area (Å²) in [5.41, 5.74) is 5.84. The van der Waals surface area contributed by atoms with Gasteiger partial charge in [-0.05, 0) is 41.8 Å². The Labute approximate surface area is 128 Å². The Bertz CT molecular complexity index is 661. The van der Waals surface area contributed by atoms with E-state index in [1.807, 2.05) is 43.3 Å². The minimum Gasteiger partial charge on any atom is -0.486 e. The fourth-order valence-corrected chi connectivity index (χ4v) is 2.82. The molecule has 0 aliphatic carbocycles. The third kappa shape index (κ3) is 2.83. The summed E-state index contributed by atoms with van der Waals surface area (Å²) in [6.45, 7) is 3.14. The Kier molecular flexibility index (Phi) is 4.01. The summed E-state index contributed by atoms with van der Waals surface area (Å²) >= 11 is 6.34. The summed E-state index contributed by atoms with van der Waals surface area (Å²) in [4.78, 5) is 0. The maximum atomic E-state index is 6.34. The molecule has 0 saturated heterocycles. The molecule has 2 aromatic carbocycles. The Balaban J connectivity index is 1.99. The van der Waals surface area contributed by atoms with Crippen LogP contribution in [0.15, 0.2) is 36.4 Å². The number of nitrogens with one attached hydrogen (secondary N) is 1. The number of fused-ring (bicyclic) bond motifs is 1. The van der Waals surface area contributed by atoms with E-state index in [9.17, 15) is 0 Å². The normalized spacial score (nSPS) is 14.8. The molecule has 1 unspecified atom stereocenters. The fourth-order valence-electron chi connectivity index (χ4n) is 2.47. The van der Waals surface area contributed by atoms with E-state index in [0.717, 1.165) is 28.2 Å². The quantitative estimate of drug-likeness (QED) is 0.676. The molecule has 0 radical (unpaired) electrons. The summed E-state index contributed by atoms with van der Waals surface area (Å²) in [5.74, 6) is 7.24. The van der Waals surface area contributed by atoms with Gasteiger partial charge in [0.1, 0.15) is 13.2 Å². The Morgan fingerprint density at radius 3 is 2.57 bits per heavy atom. The van der Waals surface area contributed by atoms with Crippen molar-refractivity contribution in [3.63, 3.8) is 0 Å². The first-order chi connectivity index (χ1) is 10.2. The highest BCUT2D eigenvalue weighted by Crippen LogP contribution is 2.35. The topological polar surface area (TPSA) is 56.5 Å². The van der Waals surface area contributed by atoms with E-state index in [1.54, 1.807) is 0 Å². The van der Waals surface area contributed by atoms with Crippen LogP contribution in [0, 0.1) is 6.92 Å². The van der Waals surface area contributed by atoms with E-state index in [2.05, 4.69) is 5.43 Å². The lowest BCUT2D eigenvalue weighted by molar-refractivity contribution is 0.171. The second-order valence-corrected chi connectivity index (χ2v) is 5.43. The van der Waals surface area contributed by atoms with Crippen LogP contribution in [0.1, 0.15) is 22.7 Å². The number of rotatable bonds is 3. The van der Waals surface area contributed by atoms with Crippen LogP contribution in [0.25, 0.3) is 0 Å². The van der Waals surface area contributed by atoms with E-state index in [-0.39, 0.29) is 6.04 Å². The van der Waals surface area contributed by atoms with Crippen molar-refractivity contribution >= 4 is 11.6 Å². The van der Waals surface area contributed by atoms with Crippen LogP contribution in [0.2, 0.25) is 5.02 Å². The van der Waals surface area contributed by atoms with Gasteiger partial charge in [-0.25, -0.2) is 5.43 Å². The average molecular weight is 305 g/mol. The van der Waals surface area contributed by atoms with Crippen molar-refractivity contribution in [2.45, 2.75) is 13.0 Å². The van der Waals surface area contributed by atoms with Crippen LogP contribution in [-0.4, -0.2) is 13.2 Å². The van der Waals surface area contributed by atoms with Crippen molar-refractivity contribution in [1.82, 2.24) is 5.43 Å². The van der Waals surface area contributed by atoms with E-state index < -0.39 is 0 Å². The monoisotopic (exact) mass is 304 g/mol. The summed E-state index contributed by atoms with van der Waals surface area (Å²) in [7, 11) is 0. The molecule has 2 aromatic rings. The molecular weight excluding hydrogens is 288 g/mol. The number of hydrogen-bond acceptors (Lipinski definition) is 4. The second kappa shape index (κ2) is 5.93. The first-order valence-electron chi connectivity index (χ1n) is 6.81. The van der Waals surface area contributed by atoms with Gasteiger partial charge in [-0.15, -0.1) is 0 Å². The van der Waals surface area contributed by atoms with E-state index in [0.29, 0.717) is 18.2 Å². The highest BCUT2D eigenvalue weighted by Gasteiger charge is 2.19. The number of halogens is 1. The molecule has 0 bridgehead atoms. The molecule has 1 aliphatic rings. The molecular formula is C16H17ClN2O2. The molecule has 0 fully saturated rings. The van der Waals surface area contributed by atoms with Gasteiger partial charge in [-0.2, -0.15) is 0 Å². The van der Waals surface area contributed by atoms with Crippen LogP contribution in [0.4, 0.5) is 0 Å². The van der Waals surface area contributed by atoms with Crippen molar-refractivity contribution in [2.24, 2.45) is 5.84 Å². The van der Waals surface area contributed by atoms with Crippen molar-refractivity contribution in [2.75, 3.05) is 13.2 Å². The molecule has 0 aromatic heterocycles. The first-order valence-corrected chi connectivity index (χ1v) is 7.18. The largest absolute Gasteiger partial charge is 0.486 e. The van der Waals surface area contributed by atoms with Crippen LogP contribution in [-0.2, 0) is 0 Å². The summed E-state index contributed by atoms with van der Waals surface area (Å²) in [6.07, 6.45) is 0. The Morgan fingerprint density at radius 2 is 1.86 bits per heavy atom. The zero-order valence-corrected chi connectivity index (χ0v) is 12.5. The zero-order chi connectivity index (χ0) is 14.8. The van der Waals surface area contributed by atoms with Gasteiger partial charge in [-0.1, -0.05) is 29.8 Å². The molecule has 0 spiro atoms. The van der Waals surface area contributed by atoms with Crippen LogP contribution in [0.3, 0.4) is 0 Å². The third-order valence-corrected chi connectivity index (χ3v) is 3.86. The predicted molar refractivity (Wildman–Crippen MR) is 82.8 cm³/mol. The highest BCUT2D eigenvalue weighted by atomic mass is 35.5. The smallest absolute Gasteiger partial charge is 0.161 e. The van der Waals surface area contributed by atoms with Crippen LogP contribution < -0.4 is 20.7 Å². The minimum atomic E-state index is -0.200. The van der Waals surface area contributed by atoms with Gasteiger partial charge in [0, 0.05) is 5.02 Å². The molecule has 0 saturated carbocycles. The summed E-state index contributed by atoms with van der Waals surface area (Å²) in [6, 6.07) is 11.5. The number of nitrogens with two attached hydrogens (primary N) is 1. The second-order valence-electron chi connectivity index (χ2n) is 5.03. The molecule has 3 rings (SSSR count). The van der Waals surface area contributed by atoms with Crippen molar-refractivity contribution in [1.29, 1.82) is 0 Å². The predicted octanol–water partition coefficient (Wildman–Crippen LogP) is 2.97. The van der Waals surface area contributed by atoms with Gasteiger partial charge in [0.25, 0.3) is 0 Å². The number of hydrogen-bond donors (Lipinski definition) is 2. The van der Waals surface area contributed by atoms with Crippen LogP contribution >= 0.6 is 11.6 Å². The molecule has 1 aliphatic heterocycles. The molecule has 5 heteroatoms. The van der Waals surface area contributed by atoms with Gasteiger partial charge >= 0.3 is 0 Å². The van der Waals surface area contributed by atoms with Gasteiger partial charge < -0.3 is 9.47 Å². The van der Waals surface area contributed by atoms with Crippen molar-refractivity contribution in [3.05, 3.63) is 58.1 Å². The van der Waals surface area contributed by atoms with Gasteiger partial charge in [0.2, 0.25) is 0 Å². The lowest BCUT2D eigenvalue weighted by atomic mass is 9.98. The molecule has 110 valence electrons. The fraction of sp³-hybridized carbons (Fsp3) is 0.250. The number of benzene rings is 2. The SMILES string of the molecule is Cc1ccc(C(NN)c2ccc3c(c2)OCCO3)c(Cl)c1. The van der Waals surface area contributed by atoms with Gasteiger partial charge in [0.15, 0.2) is 11.5 Å². The van der Waals surface area contributed by atoms with E-state index >= 15 is 0 Å². The molecule has 21 heavy (non-hydrogen) atoms. The standard InChI is InChI=1S/C16H17ClN2O2/c1-10-2-4-12(13(17)8-10)16(19-18)11-3-5-14-15(9-11)21-7-6-20-14/h2-5,8-9,16,19H,6-7,18H2,1H3. The van der Waals surface area contributed by atoms with Gasteiger partial charge in [-0.3, -0.25) is 5.84 Å². The van der Waals surface area contributed by atoms with E-state index in [1.165, 1.54) is 0 Å². The number of ether oxygens (including phenoxy) is 2. The maximum Gasteiger partial charge on any atom is 0.161 e. The Hall–Kier alpha value is -1.75. The lowest BCUT2D eigenvalue weighted by Crippen LogP contribution is -2.29. The lowest BCUT2D eigenvalue weighted by Gasteiger charge is -2.22.